The molecule has 4 aromatic rings. The Kier molecular flexibility index (Phi) is 14.2. The van der Waals surface area contributed by atoms with Gasteiger partial charge in [0.05, 0.1) is 46.0 Å². The van der Waals surface area contributed by atoms with E-state index < -0.39 is 48.8 Å². The molecule has 56 heavy (non-hydrogen) atoms. The molecule has 1 unspecified atom stereocenters. The molecule has 0 N–H and O–H groups in total. The van der Waals surface area contributed by atoms with E-state index in [0.29, 0.717) is 11.5 Å². The lowest BCUT2D eigenvalue weighted by molar-refractivity contribution is -0.549. The van der Waals surface area contributed by atoms with Gasteiger partial charge in [-0.1, -0.05) is 54.6 Å². The van der Waals surface area contributed by atoms with Crippen molar-refractivity contribution in [2.24, 2.45) is 0 Å². The second kappa shape index (κ2) is 18.8. The molecule has 15 nitrogen and oxygen atoms in total. The van der Waals surface area contributed by atoms with E-state index in [-0.39, 0.29) is 48.4 Å². The summed E-state index contributed by atoms with van der Waals surface area (Å²) in [6.07, 6.45) is -1.27. The van der Waals surface area contributed by atoms with Gasteiger partial charge < -0.3 is 28.0 Å². The van der Waals surface area contributed by atoms with Gasteiger partial charge in [-0.3, -0.25) is 9.36 Å². The van der Waals surface area contributed by atoms with Crippen molar-refractivity contribution < 1.29 is 33.0 Å². The maximum absolute atomic E-state index is 13.5. The molecule has 2 heterocycles. The molecule has 0 saturated carbocycles. The summed E-state index contributed by atoms with van der Waals surface area (Å²) in [5.74, 6) is 1.31. The van der Waals surface area contributed by atoms with E-state index in [1.165, 1.54) is 13.1 Å². The highest BCUT2D eigenvalue weighted by Gasteiger charge is 2.45. The van der Waals surface area contributed by atoms with Gasteiger partial charge in [0.25, 0.3) is 8.53 Å². The van der Waals surface area contributed by atoms with Crippen LogP contribution in [0, 0.1) is 28.4 Å². The number of nitro groups is 1. The van der Waals surface area contributed by atoms with Crippen molar-refractivity contribution >= 4 is 8.53 Å². The van der Waals surface area contributed by atoms with Crippen LogP contribution in [0.25, 0.3) is 0 Å². The molecule has 1 saturated heterocycles. The average molecular weight is 790 g/mol. The number of aryl methyl sites for hydroxylation is 1. The number of hydrogen-bond acceptors (Lipinski definition) is 12. The molecular weight excluding hydrogens is 741 g/mol. The third kappa shape index (κ3) is 9.02. The highest BCUT2D eigenvalue weighted by atomic mass is 31.2. The number of benzene rings is 3. The third-order valence-corrected chi connectivity index (χ3v) is 11.6. The lowest BCUT2D eigenvalue weighted by Crippen LogP contribution is -2.45. The van der Waals surface area contributed by atoms with Crippen LogP contribution in [0.4, 0.5) is 0 Å². The monoisotopic (exact) mass is 789 g/mol. The minimum atomic E-state index is -1.79. The first-order chi connectivity index (χ1) is 26.9. The Morgan fingerprint density at radius 2 is 1.50 bits per heavy atom. The average Bonchev–Trinajstić information content (AvgIpc) is 3.59. The van der Waals surface area contributed by atoms with Crippen molar-refractivity contribution in [2.45, 2.75) is 83.6 Å². The first-order valence-corrected chi connectivity index (χ1v) is 19.4. The number of nitriles is 1. The fraction of sp³-hybridized carbons (Fsp3) is 0.425. The topological polar surface area (TPSA) is 170 Å². The van der Waals surface area contributed by atoms with Gasteiger partial charge in [0.1, 0.15) is 29.4 Å². The lowest BCUT2D eigenvalue weighted by atomic mass is 9.80. The van der Waals surface area contributed by atoms with Crippen LogP contribution in [-0.2, 0) is 24.1 Å². The fourth-order valence-corrected chi connectivity index (χ4v) is 8.61. The lowest BCUT2D eigenvalue weighted by Gasteiger charge is -2.39. The molecule has 0 aliphatic carbocycles. The van der Waals surface area contributed by atoms with Crippen LogP contribution in [-0.4, -0.2) is 70.7 Å². The summed E-state index contributed by atoms with van der Waals surface area (Å²) in [5.41, 5.74) is -1.08. The zero-order valence-electron chi connectivity index (χ0n) is 32.6. The van der Waals surface area contributed by atoms with Gasteiger partial charge in [0.15, 0.2) is 5.03 Å². The first kappa shape index (κ1) is 42.2. The molecular formula is C40H48N5O10P. The summed E-state index contributed by atoms with van der Waals surface area (Å²) in [7, 11) is 1.40. The molecule has 0 radical (unpaired) electrons. The summed E-state index contributed by atoms with van der Waals surface area (Å²) in [4.78, 5) is 38.0. The van der Waals surface area contributed by atoms with Crippen LogP contribution in [0.2, 0.25) is 0 Å². The van der Waals surface area contributed by atoms with E-state index in [0.717, 1.165) is 21.3 Å². The predicted molar refractivity (Wildman–Crippen MR) is 209 cm³/mol. The molecule has 1 aliphatic heterocycles. The predicted octanol–water partition coefficient (Wildman–Crippen LogP) is 6.33. The number of ether oxygens (including phenoxy) is 4. The zero-order chi connectivity index (χ0) is 40.6. The van der Waals surface area contributed by atoms with E-state index in [1.807, 2.05) is 107 Å². The van der Waals surface area contributed by atoms with Gasteiger partial charge in [-0.25, -0.2) is 19.6 Å². The second-order valence-electron chi connectivity index (χ2n) is 13.7. The van der Waals surface area contributed by atoms with Crippen LogP contribution >= 0.6 is 8.53 Å². The van der Waals surface area contributed by atoms with E-state index in [9.17, 15) is 25.0 Å². The third-order valence-electron chi connectivity index (χ3n) is 9.44. The Hall–Kier alpha value is -4.94. The highest BCUT2D eigenvalue weighted by Crippen LogP contribution is 2.50. The highest BCUT2D eigenvalue weighted by molar-refractivity contribution is 7.44. The van der Waals surface area contributed by atoms with E-state index in [4.69, 9.17) is 28.0 Å². The smallest absolute Gasteiger partial charge is 0.394 e. The Morgan fingerprint density at radius 1 is 0.946 bits per heavy atom. The molecule has 298 valence electrons. The minimum Gasteiger partial charge on any atom is -0.497 e. The normalized spacial score (nSPS) is 17.6. The Balaban J connectivity index is 1.64. The molecule has 1 fully saturated rings. The standard InChI is InChI=1S/C40H48N5O10P/c1-27(2)44(28(3)4)56(53-23-11-22-41)55-35-24-37(42-25-29(5)38(46)43(39(42)47)45(48)49)54-36(35)26-52-40(30-12-9-8-10-13-30,31-14-18-33(50-6)19-15-31)32-16-20-34(51-7)21-17-32/h8-10,12-21,25,27-28,35-37H,11,23-24,26H2,1-7H3/t35-,36+,37+,56?/m0/s1. The molecule has 1 aromatic heterocycles. The summed E-state index contributed by atoms with van der Waals surface area (Å²) in [6.45, 7) is 9.48. The number of methoxy groups -OCH3 is 2. The second-order valence-corrected chi connectivity index (χ2v) is 15.1. The molecule has 0 amide bonds. The van der Waals surface area contributed by atoms with Crippen LogP contribution < -0.4 is 20.7 Å². The van der Waals surface area contributed by atoms with Crippen LogP contribution in [0.3, 0.4) is 0 Å². The summed E-state index contributed by atoms with van der Waals surface area (Å²) >= 11 is 0. The molecule has 0 bridgehead atoms. The Bertz CT molecular complexity index is 2030. The SMILES string of the molecule is COc1ccc(C(OC[C@H]2O[C@@H](n3cc(C)c(=O)n([N+](=O)[O-])c3=O)C[C@@H]2OP(OCCC#N)N(C(C)C)C(C)C)(c2ccccc2)c2ccc(OC)cc2)cc1. The van der Waals surface area contributed by atoms with Crippen molar-refractivity contribution in [3.05, 3.63) is 138 Å². The number of hydrogen-bond donors (Lipinski definition) is 0. The van der Waals surface area contributed by atoms with Gasteiger partial charge in [-0.15, -0.1) is 0 Å². The molecule has 1 aliphatic rings. The van der Waals surface area contributed by atoms with E-state index in [2.05, 4.69) is 10.7 Å². The molecule has 3 aromatic carbocycles. The number of nitrogens with zero attached hydrogens (tertiary/aromatic N) is 5. The van der Waals surface area contributed by atoms with Gasteiger partial charge in [-0.2, -0.15) is 5.26 Å². The van der Waals surface area contributed by atoms with Crippen LogP contribution in [0.15, 0.2) is 94.6 Å². The van der Waals surface area contributed by atoms with Crippen molar-refractivity contribution in [1.82, 2.24) is 13.9 Å². The quantitative estimate of drug-likeness (QED) is 0.0362. The summed E-state index contributed by atoms with van der Waals surface area (Å²) in [5, 5.41) is 20.1. The molecule has 16 heteroatoms. The fourth-order valence-electron chi connectivity index (χ4n) is 6.86. The van der Waals surface area contributed by atoms with E-state index in [1.54, 1.807) is 14.2 Å². The Labute approximate surface area is 327 Å². The number of aromatic nitrogens is 2. The first-order valence-electron chi connectivity index (χ1n) is 18.2. The maximum atomic E-state index is 13.5. The van der Waals surface area contributed by atoms with Crippen molar-refractivity contribution in [3.63, 3.8) is 0 Å². The van der Waals surface area contributed by atoms with E-state index >= 15 is 0 Å². The van der Waals surface area contributed by atoms with Crippen molar-refractivity contribution in [1.29, 1.82) is 5.26 Å². The van der Waals surface area contributed by atoms with Gasteiger partial charge in [0.2, 0.25) is 0 Å². The van der Waals surface area contributed by atoms with Gasteiger partial charge in [-0.05, 0) is 75.6 Å². The van der Waals surface area contributed by atoms with Gasteiger partial charge in [0, 0.05) is 34.9 Å². The molecule has 4 atom stereocenters. The zero-order valence-corrected chi connectivity index (χ0v) is 33.5. The van der Waals surface area contributed by atoms with Crippen molar-refractivity contribution in [2.75, 3.05) is 27.4 Å². The summed E-state index contributed by atoms with van der Waals surface area (Å²) < 4.78 is 40.9. The van der Waals surface area contributed by atoms with Gasteiger partial charge >= 0.3 is 11.2 Å². The number of rotatable bonds is 18. The van der Waals surface area contributed by atoms with Crippen LogP contribution in [0.1, 0.15) is 69.0 Å². The minimum absolute atomic E-state index is 0.0131. The maximum Gasteiger partial charge on any atom is 0.394 e. The molecule has 0 spiro atoms. The summed E-state index contributed by atoms with van der Waals surface area (Å²) in [6, 6.07) is 26.9. The molecule has 5 rings (SSSR count). The van der Waals surface area contributed by atoms with Crippen LogP contribution in [0.5, 0.6) is 11.5 Å². The van der Waals surface area contributed by atoms with Crippen molar-refractivity contribution in [3.8, 4) is 17.6 Å². The Morgan fingerprint density at radius 3 is 2.00 bits per heavy atom. The largest absolute Gasteiger partial charge is 0.497 e.